The minimum atomic E-state index is -4.10. The lowest BCUT2D eigenvalue weighted by Crippen LogP contribution is -2.31. The molecule has 0 spiro atoms. The predicted molar refractivity (Wildman–Crippen MR) is 85.3 cm³/mol. The van der Waals surface area contributed by atoms with Gasteiger partial charge < -0.3 is 4.74 Å². The molecule has 0 saturated heterocycles. The Bertz CT molecular complexity index is 727. The number of carbonyl (C=O) groups excluding carboxylic acids is 1. The van der Waals surface area contributed by atoms with E-state index in [2.05, 4.69) is 0 Å². The highest BCUT2D eigenvalue weighted by molar-refractivity contribution is 5.92. The topological polar surface area (TPSA) is 31.2 Å². The Morgan fingerprint density at radius 2 is 1.92 bits per heavy atom. The SMILES string of the molecule is CCC(=O)n1ccc2cc(OC3CCC(C(F)(F)F)CC3)ccc21. The van der Waals surface area contributed by atoms with Gasteiger partial charge in [0, 0.05) is 18.0 Å². The molecule has 0 N–H and O–H groups in total. The second-order valence-electron chi connectivity index (χ2n) is 6.29. The Morgan fingerprint density at radius 3 is 2.54 bits per heavy atom. The number of fused-ring (bicyclic) bond motifs is 1. The van der Waals surface area contributed by atoms with Crippen LogP contribution in [0.4, 0.5) is 13.2 Å². The molecule has 1 aromatic heterocycles. The highest BCUT2D eigenvalue weighted by Gasteiger charge is 2.41. The van der Waals surface area contributed by atoms with Crippen LogP contribution in [0.3, 0.4) is 0 Å². The molecule has 6 heteroatoms. The molecule has 1 aliphatic rings. The summed E-state index contributed by atoms with van der Waals surface area (Å²) in [5.74, 6) is -0.544. The molecule has 0 bridgehead atoms. The van der Waals surface area contributed by atoms with Crippen molar-refractivity contribution in [3.8, 4) is 5.75 Å². The van der Waals surface area contributed by atoms with Crippen LogP contribution in [-0.2, 0) is 0 Å². The normalized spacial score (nSPS) is 21.8. The molecule has 0 radical (unpaired) electrons. The monoisotopic (exact) mass is 339 g/mol. The van der Waals surface area contributed by atoms with Crippen LogP contribution in [0.1, 0.15) is 43.8 Å². The van der Waals surface area contributed by atoms with Crippen LogP contribution in [0, 0.1) is 5.92 Å². The summed E-state index contributed by atoms with van der Waals surface area (Å²) in [6, 6.07) is 7.28. The standard InChI is InChI=1S/C18H20F3NO2/c1-2-17(23)22-10-9-12-11-15(7-8-16(12)22)24-14-5-3-13(4-6-14)18(19,20)21/h7-11,13-14H,2-6H2,1H3. The summed E-state index contributed by atoms with van der Waals surface area (Å²) in [7, 11) is 0. The smallest absolute Gasteiger partial charge is 0.391 e. The van der Waals surface area contributed by atoms with Crippen LogP contribution < -0.4 is 4.74 Å². The summed E-state index contributed by atoms with van der Waals surface area (Å²) in [5.41, 5.74) is 0.815. The van der Waals surface area contributed by atoms with Gasteiger partial charge in [0.25, 0.3) is 0 Å². The van der Waals surface area contributed by atoms with Crippen molar-refractivity contribution < 1.29 is 22.7 Å². The van der Waals surface area contributed by atoms with Crippen LogP contribution >= 0.6 is 0 Å². The molecule has 1 aromatic carbocycles. The molecule has 24 heavy (non-hydrogen) atoms. The maximum Gasteiger partial charge on any atom is 0.391 e. The largest absolute Gasteiger partial charge is 0.490 e. The van der Waals surface area contributed by atoms with Crippen molar-refractivity contribution in [1.82, 2.24) is 4.57 Å². The number of rotatable bonds is 3. The fourth-order valence-corrected chi connectivity index (χ4v) is 3.28. The molecule has 3 rings (SSSR count). The molecule has 3 nitrogen and oxygen atoms in total. The molecule has 2 aromatic rings. The maximum atomic E-state index is 12.7. The molecular weight excluding hydrogens is 319 g/mol. The molecule has 0 amide bonds. The fraction of sp³-hybridized carbons (Fsp3) is 0.500. The quantitative estimate of drug-likeness (QED) is 0.770. The number of halogens is 3. The predicted octanol–water partition coefficient (Wildman–Crippen LogP) is 5.19. The van der Waals surface area contributed by atoms with Gasteiger partial charge in [0.05, 0.1) is 17.5 Å². The van der Waals surface area contributed by atoms with Gasteiger partial charge in [-0.15, -0.1) is 0 Å². The van der Waals surface area contributed by atoms with Crippen LogP contribution in [0.15, 0.2) is 30.5 Å². The number of carbonyl (C=O) groups is 1. The van der Waals surface area contributed by atoms with Gasteiger partial charge in [0.2, 0.25) is 5.91 Å². The number of benzene rings is 1. The third-order valence-electron chi connectivity index (χ3n) is 4.67. The third kappa shape index (κ3) is 3.42. The van der Waals surface area contributed by atoms with Crippen molar-refractivity contribution in [1.29, 1.82) is 0 Å². The minimum absolute atomic E-state index is 0.0177. The number of nitrogens with zero attached hydrogens (tertiary/aromatic N) is 1. The lowest BCUT2D eigenvalue weighted by Gasteiger charge is -2.30. The summed E-state index contributed by atoms with van der Waals surface area (Å²) >= 11 is 0. The summed E-state index contributed by atoms with van der Waals surface area (Å²) in [6.07, 6.45) is -1.05. The molecule has 1 aliphatic carbocycles. The molecule has 1 heterocycles. The summed E-state index contributed by atoms with van der Waals surface area (Å²) in [6.45, 7) is 1.81. The van der Waals surface area contributed by atoms with Crippen LogP contribution in [0.2, 0.25) is 0 Å². The van der Waals surface area contributed by atoms with Crippen LogP contribution in [0.5, 0.6) is 5.75 Å². The lowest BCUT2D eigenvalue weighted by molar-refractivity contribution is -0.185. The van der Waals surface area contributed by atoms with Gasteiger partial charge >= 0.3 is 6.18 Å². The van der Waals surface area contributed by atoms with E-state index in [-0.39, 0.29) is 24.9 Å². The van der Waals surface area contributed by atoms with E-state index in [0.29, 0.717) is 25.0 Å². The highest BCUT2D eigenvalue weighted by Crippen LogP contribution is 2.38. The zero-order valence-corrected chi connectivity index (χ0v) is 13.5. The molecule has 1 saturated carbocycles. The first kappa shape index (κ1) is 16.9. The first-order valence-corrected chi connectivity index (χ1v) is 8.26. The molecule has 0 aliphatic heterocycles. The second kappa shape index (κ2) is 6.49. The van der Waals surface area contributed by atoms with Crippen molar-refractivity contribution in [2.75, 3.05) is 0 Å². The number of hydrogen-bond donors (Lipinski definition) is 0. The number of aromatic nitrogens is 1. The average molecular weight is 339 g/mol. The van der Waals surface area contributed by atoms with Crippen molar-refractivity contribution in [3.05, 3.63) is 30.5 Å². The summed E-state index contributed by atoms with van der Waals surface area (Å²) in [5, 5.41) is 0.887. The Hall–Kier alpha value is -1.98. The van der Waals surface area contributed by atoms with E-state index in [1.165, 1.54) is 0 Å². The van der Waals surface area contributed by atoms with Crippen molar-refractivity contribution >= 4 is 16.8 Å². The minimum Gasteiger partial charge on any atom is -0.490 e. The van der Waals surface area contributed by atoms with E-state index in [1.54, 1.807) is 16.8 Å². The van der Waals surface area contributed by atoms with Crippen molar-refractivity contribution in [2.24, 2.45) is 5.92 Å². The fourth-order valence-electron chi connectivity index (χ4n) is 3.28. The van der Waals surface area contributed by atoms with E-state index >= 15 is 0 Å². The van der Waals surface area contributed by atoms with Gasteiger partial charge in [-0.05, 0) is 49.9 Å². The maximum absolute atomic E-state index is 12.7. The summed E-state index contributed by atoms with van der Waals surface area (Å²) < 4.78 is 45.6. The van der Waals surface area contributed by atoms with E-state index in [4.69, 9.17) is 4.74 Å². The zero-order valence-electron chi connectivity index (χ0n) is 13.5. The highest BCUT2D eigenvalue weighted by atomic mass is 19.4. The zero-order chi connectivity index (χ0) is 17.3. The first-order valence-electron chi connectivity index (χ1n) is 8.26. The molecule has 1 fully saturated rings. The van der Waals surface area contributed by atoms with Gasteiger partial charge in [0.15, 0.2) is 0 Å². The molecular formula is C18H20F3NO2. The summed E-state index contributed by atoms with van der Waals surface area (Å²) in [4.78, 5) is 11.8. The van der Waals surface area contributed by atoms with Crippen LogP contribution in [-0.4, -0.2) is 22.8 Å². The van der Waals surface area contributed by atoms with Gasteiger partial charge in [0.1, 0.15) is 5.75 Å². The Balaban J connectivity index is 1.67. The number of alkyl halides is 3. The lowest BCUT2D eigenvalue weighted by atomic mass is 9.87. The third-order valence-corrected chi connectivity index (χ3v) is 4.67. The Kier molecular flexibility index (Phi) is 4.56. The van der Waals surface area contributed by atoms with Gasteiger partial charge in [-0.2, -0.15) is 13.2 Å². The van der Waals surface area contributed by atoms with Crippen molar-refractivity contribution in [2.45, 2.75) is 51.3 Å². The van der Waals surface area contributed by atoms with Crippen molar-refractivity contribution in [3.63, 3.8) is 0 Å². The molecule has 0 atom stereocenters. The molecule has 130 valence electrons. The number of hydrogen-bond acceptors (Lipinski definition) is 2. The van der Waals surface area contributed by atoms with E-state index in [9.17, 15) is 18.0 Å². The first-order chi connectivity index (χ1) is 11.4. The van der Waals surface area contributed by atoms with E-state index in [1.807, 2.05) is 25.1 Å². The average Bonchev–Trinajstić information content (AvgIpc) is 2.97. The Morgan fingerprint density at radius 1 is 1.21 bits per heavy atom. The van der Waals surface area contributed by atoms with E-state index < -0.39 is 12.1 Å². The van der Waals surface area contributed by atoms with Gasteiger partial charge in [-0.1, -0.05) is 6.92 Å². The van der Waals surface area contributed by atoms with Crippen LogP contribution in [0.25, 0.3) is 10.9 Å². The van der Waals surface area contributed by atoms with Gasteiger partial charge in [-0.25, -0.2) is 0 Å². The number of ether oxygens (including phenoxy) is 1. The van der Waals surface area contributed by atoms with E-state index in [0.717, 1.165) is 10.9 Å². The molecule has 0 unspecified atom stereocenters. The second-order valence-corrected chi connectivity index (χ2v) is 6.29. The van der Waals surface area contributed by atoms with Gasteiger partial charge in [-0.3, -0.25) is 9.36 Å². The Labute approximate surface area is 138 Å².